The van der Waals surface area contributed by atoms with E-state index in [2.05, 4.69) is 24.3 Å². The van der Waals surface area contributed by atoms with E-state index in [0.29, 0.717) is 29.4 Å². The van der Waals surface area contributed by atoms with E-state index >= 15 is 0 Å². The second-order valence-corrected chi connectivity index (χ2v) is 9.06. The Morgan fingerprint density at radius 2 is 1.82 bits per heavy atom. The highest BCUT2D eigenvalue weighted by Crippen LogP contribution is 2.34. The monoisotopic (exact) mass is 463 g/mol. The third kappa shape index (κ3) is 5.66. The van der Waals surface area contributed by atoms with Crippen molar-refractivity contribution in [2.75, 3.05) is 23.8 Å². The Labute approximate surface area is 197 Å². The van der Waals surface area contributed by atoms with Gasteiger partial charge in [-0.15, -0.1) is 13.2 Å². The van der Waals surface area contributed by atoms with Gasteiger partial charge in [0.25, 0.3) is 5.91 Å². The first-order valence-electron chi connectivity index (χ1n) is 10.6. The molecule has 1 unspecified atom stereocenters. The molecule has 0 aliphatic heterocycles. The minimum absolute atomic E-state index is 0.169. The van der Waals surface area contributed by atoms with Gasteiger partial charge in [0.2, 0.25) is 0 Å². The Balaban J connectivity index is 2.02. The summed E-state index contributed by atoms with van der Waals surface area (Å²) in [7, 11) is -1.37. The molecular formula is C25H29N5O2S. The molecule has 0 heterocycles. The van der Waals surface area contributed by atoms with Gasteiger partial charge in [-0.25, -0.2) is 13.5 Å². The third-order valence-corrected chi connectivity index (χ3v) is 6.62. The molecule has 0 aromatic heterocycles. The summed E-state index contributed by atoms with van der Waals surface area (Å²) in [5.41, 5.74) is 16.0. The maximum Gasteiger partial charge on any atom is 0.264 e. The molecule has 1 aliphatic carbocycles. The minimum Gasteiger partial charge on any atom is -0.399 e. The van der Waals surface area contributed by atoms with Crippen LogP contribution in [0.15, 0.2) is 83.8 Å². The Hall–Kier alpha value is -3.49. The van der Waals surface area contributed by atoms with E-state index in [9.17, 15) is 9.00 Å². The van der Waals surface area contributed by atoms with Crippen molar-refractivity contribution < 1.29 is 9.00 Å². The Bertz CT molecular complexity index is 1130. The molecule has 7 nitrogen and oxygen atoms in total. The van der Waals surface area contributed by atoms with Crippen molar-refractivity contribution >= 4 is 39.7 Å². The lowest BCUT2D eigenvalue weighted by atomic mass is 9.93. The maximum atomic E-state index is 13.0. The molecule has 33 heavy (non-hydrogen) atoms. The van der Waals surface area contributed by atoms with Gasteiger partial charge in [-0.1, -0.05) is 24.3 Å². The lowest BCUT2D eigenvalue weighted by Gasteiger charge is -2.28. The van der Waals surface area contributed by atoms with E-state index in [1.165, 1.54) is 0 Å². The molecule has 2 aromatic carbocycles. The van der Waals surface area contributed by atoms with Crippen LogP contribution in [0, 0.1) is 0 Å². The smallest absolute Gasteiger partial charge is 0.264 e. The van der Waals surface area contributed by atoms with Gasteiger partial charge in [0.05, 0.1) is 16.3 Å². The van der Waals surface area contributed by atoms with E-state index in [1.807, 2.05) is 30.3 Å². The third-order valence-electron chi connectivity index (χ3n) is 5.18. The number of nitrogens with two attached hydrogens (primary N) is 2. The number of carbonyl (C=O) groups excluding carboxylic acids is 1. The quantitative estimate of drug-likeness (QED) is 0.243. The van der Waals surface area contributed by atoms with E-state index in [4.69, 9.17) is 11.5 Å². The van der Waals surface area contributed by atoms with Crippen LogP contribution in [0.4, 0.5) is 11.4 Å². The van der Waals surface area contributed by atoms with Crippen molar-refractivity contribution in [2.45, 2.75) is 24.7 Å². The number of allylic oxidation sites excluding steroid dienone is 1. The SMILES string of the molecule is C=CCN(CC=C)S(=O)c1ccc(N(/N=C(\C)C(N)=O)C2=CCCc3ccc(N)cc32)cc1. The van der Waals surface area contributed by atoms with Crippen LogP contribution in [0.25, 0.3) is 5.70 Å². The molecular weight excluding hydrogens is 434 g/mol. The summed E-state index contributed by atoms with van der Waals surface area (Å²) >= 11 is 0. The highest BCUT2D eigenvalue weighted by Gasteiger charge is 2.21. The zero-order chi connectivity index (χ0) is 24.0. The predicted molar refractivity (Wildman–Crippen MR) is 137 cm³/mol. The highest BCUT2D eigenvalue weighted by atomic mass is 32.2. The van der Waals surface area contributed by atoms with E-state index < -0.39 is 16.9 Å². The lowest BCUT2D eigenvalue weighted by Crippen LogP contribution is -2.27. The summed E-state index contributed by atoms with van der Waals surface area (Å²) < 4.78 is 14.7. The number of rotatable bonds is 10. The summed E-state index contributed by atoms with van der Waals surface area (Å²) in [6.45, 7) is 9.98. The number of aryl methyl sites for hydroxylation is 1. The highest BCUT2D eigenvalue weighted by molar-refractivity contribution is 7.82. The van der Waals surface area contributed by atoms with Crippen LogP contribution >= 0.6 is 0 Å². The molecule has 0 saturated heterocycles. The molecule has 4 N–H and O–H groups in total. The van der Waals surface area contributed by atoms with Crippen molar-refractivity contribution in [2.24, 2.45) is 10.8 Å². The number of nitrogens with zero attached hydrogens (tertiary/aromatic N) is 3. The fourth-order valence-electron chi connectivity index (χ4n) is 3.53. The molecule has 1 aliphatic rings. The molecule has 1 atom stereocenters. The van der Waals surface area contributed by atoms with Crippen LogP contribution in [-0.4, -0.2) is 33.2 Å². The van der Waals surface area contributed by atoms with Gasteiger partial charge in [-0.3, -0.25) is 4.79 Å². The van der Waals surface area contributed by atoms with Crippen LogP contribution < -0.4 is 16.5 Å². The predicted octanol–water partition coefficient (Wildman–Crippen LogP) is 3.62. The largest absolute Gasteiger partial charge is 0.399 e. The first kappa shape index (κ1) is 24.2. The molecule has 8 heteroatoms. The number of amides is 1. The van der Waals surface area contributed by atoms with Crippen molar-refractivity contribution in [1.82, 2.24) is 4.31 Å². The van der Waals surface area contributed by atoms with Gasteiger partial charge >= 0.3 is 0 Å². The number of hydrazone groups is 1. The summed E-state index contributed by atoms with van der Waals surface area (Å²) in [4.78, 5) is 12.4. The van der Waals surface area contributed by atoms with Crippen LogP contribution in [0.5, 0.6) is 0 Å². The summed E-state index contributed by atoms with van der Waals surface area (Å²) in [5.74, 6) is -0.605. The molecule has 0 bridgehead atoms. The van der Waals surface area contributed by atoms with Gasteiger partial charge in [0.1, 0.15) is 16.7 Å². The molecule has 3 rings (SSSR count). The zero-order valence-electron chi connectivity index (χ0n) is 18.7. The van der Waals surface area contributed by atoms with E-state index in [1.54, 1.807) is 40.5 Å². The number of hydrogen-bond acceptors (Lipinski definition) is 5. The average molecular weight is 464 g/mol. The molecule has 0 radical (unpaired) electrons. The van der Waals surface area contributed by atoms with Crippen LogP contribution in [0.1, 0.15) is 24.5 Å². The average Bonchev–Trinajstić information content (AvgIpc) is 2.81. The van der Waals surface area contributed by atoms with Crippen molar-refractivity contribution in [1.29, 1.82) is 0 Å². The normalized spacial score (nSPS) is 14.2. The molecule has 0 fully saturated rings. The van der Waals surface area contributed by atoms with Crippen molar-refractivity contribution in [3.05, 3.63) is 85.0 Å². The first-order chi connectivity index (χ1) is 15.8. The molecule has 2 aromatic rings. The fourth-order valence-corrected chi connectivity index (χ4v) is 4.67. The first-order valence-corrected chi connectivity index (χ1v) is 11.7. The van der Waals surface area contributed by atoms with Gasteiger partial charge in [-0.05, 0) is 61.7 Å². The van der Waals surface area contributed by atoms with Crippen molar-refractivity contribution in [3.63, 3.8) is 0 Å². The van der Waals surface area contributed by atoms with Crippen LogP contribution in [0.3, 0.4) is 0 Å². The van der Waals surface area contributed by atoms with E-state index in [-0.39, 0.29) is 5.71 Å². The molecule has 1 amide bonds. The summed E-state index contributed by atoms with van der Waals surface area (Å²) in [6.07, 6.45) is 7.20. The lowest BCUT2D eigenvalue weighted by molar-refractivity contribution is -0.112. The second kappa shape index (κ2) is 10.9. The molecule has 172 valence electrons. The summed E-state index contributed by atoms with van der Waals surface area (Å²) in [5, 5.41) is 6.21. The van der Waals surface area contributed by atoms with Gasteiger partial charge < -0.3 is 11.5 Å². The number of hydrogen-bond donors (Lipinski definition) is 2. The topological polar surface area (TPSA) is 105 Å². The number of benzene rings is 2. The molecule has 0 spiro atoms. The number of primary amides is 1. The van der Waals surface area contributed by atoms with Crippen molar-refractivity contribution in [3.8, 4) is 0 Å². The Kier molecular flexibility index (Phi) is 7.97. The Morgan fingerprint density at radius 1 is 1.15 bits per heavy atom. The molecule has 0 saturated carbocycles. The van der Waals surface area contributed by atoms with Gasteiger partial charge in [-0.2, -0.15) is 5.10 Å². The van der Waals surface area contributed by atoms with Crippen LogP contribution in [0.2, 0.25) is 0 Å². The van der Waals surface area contributed by atoms with Gasteiger partial charge in [0.15, 0.2) is 0 Å². The number of carbonyl (C=O) groups is 1. The standard InChI is InChI=1S/C25H29N5O2S/c1-4-15-29(16-5-2)33(32)22-13-11-21(12-14-22)30(28-18(3)25(27)31)24-8-6-7-19-9-10-20(26)17-23(19)24/h4-5,8-14,17H,1-2,6-7,15-16,26H2,3H3,(H2,27,31)/b28-18+. The van der Waals surface area contributed by atoms with Crippen LogP contribution in [-0.2, 0) is 22.2 Å². The minimum atomic E-state index is -1.37. The second-order valence-electron chi connectivity index (χ2n) is 7.57. The maximum absolute atomic E-state index is 13.0. The zero-order valence-corrected chi connectivity index (χ0v) is 19.6. The fraction of sp³-hybridized carbons (Fsp3) is 0.200. The number of anilines is 2. The number of fused-ring (bicyclic) bond motifs is 1. The Morgan fingerprint density at radius 3 is 2.42 bits per heavy atom. The van der Waals surface area contributed by atoms with E-state index in [0.717, 1.165) is 29.7 Å². The van der Waals surface area contributed by atoms with Gasteiger partial charge in [0, 0.05) is 24.3 Å². The number of nitrogen functional groups attached to an aromatic ring is 1. The summed E-state index contributed by atoms with van der Waals surface area (Å²) in [6, 6.07) is 13.0.